The number of nitrogens with one attached hydrogen (secondary N) is 1. The summed E-state index contributed by atoms with van der Waals surface area (Å²) in [7, 11) is 1.84. The molecule has 5 nitrogen and oxygen atoms in total. The number of hydrogen-bond donors (Lipinski definition) is 1. The number of guanidine groups is 1. The molecule has 1 aromatic rings. The summed E-state index contributed by atoms with van der Waals surface area (Å²) in [5.41, 5.74) is 2.31. The molecule has 0 spiro atoms. The molecule has 1 amide bonds. The van der Waals surface area contributed by atoms with Crippen molar-refractivity contribution in [2.75, 3.05) is 26.7 Å². The van der Waals surface area contributed by atoms with Gasteiger partial charge in [0.1, 0.15) is 0 Å². The number of amides is 1. The van der Waals surface area contributed by atoms with Crippen LogP contribution in [0, 0.1) is 5.41 Å². The second-order valence-corrected chi connectivity index (χ2v) is 8.98. The molecule has 2 heterocycles. The Morgan fingerprint density at radius 3 is 2.18 bits per heavy atom. The van der Waals surface area contributed by atoms with Crippen LogP contribution in [0.1, 0.15) is 62.9 Å². The number of carbonyl (C=O) groups excluding carboxylic acids is 1. The lowest BCUT2D eigenvalue weighted by Crippen LogP contribution is -2.72. The van der Waals surface area contributed by atoms with Gasteiger partial charge in [0.05, 0.1) is 0 Å². The first-order valence-electron chi connectivity index (χ1n) is 10.1. The molecule has 2 aliphatic rings. The molecule has 2 aliphatic heterocycles. The summed E-state index contributed by atoms with van der Waals surface area (Å²) in [4.78, 5) is 21.4. The van der Waals surface area contributed by atoms with Crippen molar-refractivity contribution in [1.82, 2.24) is 15.1 Å². The van der Waals surface area contributed by atoms with E-state index in [1.54, 1.807) is 0 Å². The molecule has 0 unspecified atom stereocenters. The SMILES string of the molecule is CN=C(NCc1ccc(C(=O)N2CCCCC2)cc1)N1CC(C)(C)C1(C)C.I. The Labute approximate surface area is 187 Å². The normalized spacial score (nSPS) is 20.8. The number of rotatable bonds is 3. The van der Waals surface area contributed by atoms with E-state index < -0.39 is 0 Å². The standard InChI is InChI=1S/C22H34N4O.HI/c1-21(2)16-26(22(21,3)4)20(23-5)24-15-17-9-11-18(12-10-17)19(27)25-13-7-6-8-14-25;/h9-12H,6-8,13-16H2,1-5H3,(H,23,24);1H. The maximum absolute atomic E-state index is 12.6. The monoisotopic (exact) mass is 498 g/mol. The van der Waals surface area contributed by atoms with Crippen molar-refractivity contribution < 1.29 is 4.79 Å². The van der Waals surface area contributed by atoms with Crippen molar-refractivity contribution in [1.29, 1.82) is 0 Å². The molecule has 2 fully saturated rings. The fourth-order valence-corrected chi connectivity index (χ4v) is 3.92. The van der Waals surface area contributed by atoms with E-state index in [1.807, 2.05) is 36.2 Å². The maximum Gasteiger partial charge on any atom is 0.253 e. The van der Waals surface area contributed by atoms with E-state index >= 15 is 0 Å². The van der Waals surface area contributed by atoms with Crippen LogP contribution >= 0.6 is 24.0 Å². The lowest BCUT2D eigenvalue weighted by Gasteiger charge is -2.62. The smallest absolute Gasteiger partial charge is 0.253 e. The third-order valence-electron chi connectivity index (χ3n) is 6.65. The van der Waals surface area contributed by atoms with Crippen molar-refractivity contribution in [2.45, 2.75) is 59.0 Å². The molecule has 0 aromatic heterocycles. The van der Waals surface area contributed by atoms with Gasteiger partial charge in [-0.25, -0.2) is 0 Å². The van der Waals surface area contributed by atoms with Crippen LogP contribution in [-0.2, 0) is 6.54 Å². The van der Waals surface area contributed by atoms with E-state index in [4.69, 9.17) is 0 Å². The molecule has 156 valence electrons. The first-order valence-corrected chi connectivity index (χ1v) is 10.1. The van der Waals surface area contributed by atoms with Crippen molar-refractivity contribution in [3.8, 4) is 0 Å². The fourth-order valence-electron chi connectivity index (χ4n) is 3.92. The van der Waals surface area contributed by atoms with Gasteiger partial charge in [0.2, 0.25) is 0 Å². The van der Waals surface area contributed by atoms with Gasteiger partial charge in [-0.2, -0.15) is 0 Å². The van der Waals surface area contributed by atoms with Crippen molar-refractivity contribution in [3.05, 3.63) is 35.4 Å². The summed E-state index contributed by atoms with van der Waals surface area (Å²) in [5.74, 6) is 1.10. The predicted octanol–water partition coefficient (Wildman–Crippen LogP) is 4.13. The van der Waals surface area contributed by atoms with E-state index in [1.165, 1.54) is 6.42 Å². The number of carbonyl (C=O) groups is 1. The Morgan fingerprint density at radius 1 is 1.07 bits per heavy atom. The van der Waals surface area contributed by atoms with Crippen molar-refractivity contribution in [2.24, 2.45) is 10.4 Å². The fraction of sp³-hybridized carbons (Fsp3) is 0.636. The zero-order chi connectivity index (χ0) is 19.7. The molecule has 3 rings (SSSR count). The molecule has 0 aliphatic carbocycles. The Bertz CT molecular complexity index is 706. The molecule has 0 radical (unpaired) electrons. The molecule has 28 heavy (non-hydrogen) atoms. The predicted molar refractivity (Wildman–Crippen MR) is 126 cm³/mol. The van der Waals surface area contributed by atoms with Crippen LogP contribution in [0.2, 0.25) is 0 Å². The van der Waals surface area contributed by atoms with Crippen LogP contribution in [0.25, 0.3) is 0 Å². The summed E-state index contributed by atoms with van der Waals surface area (Å²) in [5, 5.41) is 3.47. The molecule has 0 bridgehead atoms. The summed E-state index contributed by atoms with van der Waals surface area (Å²) in [6, 6.07) is 7.99. The molecular formula is C22H35IN4O. The van der Waals surface area contributed by atoms with Crippen LogP contribution in [-0.4, -0.2) is 53.9 Å². The van der Waals surface area contributed by atoms with Gasteiger partial charge in [-0.15, -0.1) is 24.0 Å². The largest absolute Gasteiger partial charge is 0.352 e. The zero-order valence-electron chi connectivity index (χ0n) is 17.9. The Morgan fingerprint density at radius 2 is 1.68 bits per heavy atom. The highest BCUT2D eigenvalue weighted by molar-refractivity contribution is 14.0. The van der Waals surface area contributed by atoms with Crippen molar-refractivity contribution in [3.63, 3.8) is 0 Å². The number of aliphatic imine (C=N–C) groups is 1. The number of nitrogens with zero attached hydrogens (tertiary/aromatic N) is 3. The first kappa shape index (κ1) is 23.0. The highest BCUT2D eigenvalue weighted by atomic mass is 127. The minimum absolute atomic E-state index is 0. The molecule has 2 saturated heterocycles. The first-order chi connectivity index (χ1) is 12.8. The lowest BCUT2D eigenvalue weighted by atomic mass is 9.65. The highest BCUT2D eigenvalue weighted by Crippen LogP contribution is 2.46. The number of likely N-dealkylation sites (tertiary alicyclic amines) is 2. The van der Waals surface area contributed by atoms with Gasteiger partial charge >= 0.3 is 0 Å². The van der Waals surface area contributed by atoms with E-state index in [0.29, 0.717) is 6.54 Å². The highest BCUT2D eigenvalue weighted by Gasteiger charge is 2.53. The second-order valence-electron chi connectivity index (χ2n) is 8.98. The Balaban J connectivity index is 0.00000280. The third-order valence-corrected chi connectivity index (χ3v) is 6.65. The van der Waals surface area contributed by atoms with Crippen LogP contribution in [0.3, 0.4) is 0 Å². The Hall–Kier alpha value is -1.31. The summed E-state index contributed by atoms with van der Waals surface area (Å²) < 4.78 is 0. The summed E-state index contributed by atoms with van der Waals surface area (Å²) >= 11 is 0. The van der Waals surface area contributed by atoms with E-state index in [0.717, 1.165) is 49.6 Å². The molecule has 6 heteroatoms. The molecule has 1 aromatic carbocycles. The van der Waals surface area contributed by atoms with Crippen LogP contribution < -0.4 is 5.32 Å². The zero-order valence-corrected chi connectivity index (χ0v) is 20.2. The average Bonchev–Trinajstić information content (AvgIpc) is 2.68. The number of benzene rings is 1. The second kappa shape index (κ2) is 9.01. The minimum Gasteiger partial charge on any atom is -0.352 e. The number of piperidine rings is 1. The van der Waals surface area contributed by atoms with Crippen LogP contribution in [0.15, 0.2) is 29.3 Å². The van der Waals surface area contributed by atoms with E-state index in [9.17, 15) is 4.79 Å². The summed E-state index contributed by atoms with van der Waals surface area (Å²) in [6.45, 7) is 12.6. The van der Waals surface area contributed by atoms with Gasteiger partial charge in [-0.1, -0.05) is 26.0 Å². The third kappa shape index (κ3) is 4.47. The molecule has 1 N–H and O–H groups in total. The van der Waals surface area contributed by atoms with Crippen molar-refractivity contribution >= 4 is 35.8 Å². The van der Waals surface area contributed by atoms with Gasteiger partial charge in [0.15, 0.2) is 5.96 Å². The molecule has 0 atom stereocenters. The van der Waals surface area contributed by atoms with Gasteiger partial charge in [-0.3, -0.25) is 9.79 Å². The maximum atomic E-state index is 12.6. The van der Waals surface area contributed by atoms with E-state index in [-0.39, 0.29) is 40.8 Å². The van der Waals surface area contributed by atoms with E-state index in [2.05, 4.69) is 42.9 Å². The van der Waals surface area contributed by atoms with Gasteiger partial charge in [0.25, 0.3) is 5.91 Å². The molecular weight excluding hydrogens is 463 g/mol. The average molecular weight is 498 g/mol. The van der Waals surface area contributed by atoms with Gasteiger partial charge in [-0.05, 0) is 50.8 Å². The van der Waals surface area contributed by atoms with Gasteiger partial charge in [0, 0.05) is 49.7 Å². The van der Waals surface area contributed by atoms with Crippen LogP contribution in [0.4, 0.5) is 0 Å². The molecule has 0 saturated carbocycles. The minimum atomic E-state index is 0. The quantitative estimate of drug-likeness (QED) is 0.388. The Kier molecular flexibility index (Phi) is 7.39. The van der Waals surface area contributed by atoms with Crippen LogP contribution in [0.5, 0.6) is 0 Å². The number of hydrogen-bond acceptors (Lipinski definition) is 2. The summed E-state index contributed by atoms with van der Waals surface area (Å²) in [6.07, 6.45) is 3.48. The topological polar surface area (TPSA) is 47.9 Å². The lowest BCUT2D eigenvalue weighted by molar-refractivity contribution is -0.0667. The number of halogens is 1. The van der Waals surface area contributed by atoms with Gasteiger partial charge < -0.3 is 15.1 Å².